The number of hydrogen-bond donors (Lipinski definition) is 0. The molecule has 184 valence electrons. The van der Waals surface area contributed by atoms with Crippen LogP contribution < -0.4 is 5.69 Å². The molecule has 0 saturated heterocycles. The Bertz CT molecular complexity index is 1650. The standard InChI is InChI=1S/C28H23N5O3S/c1-36-26(34)22-23(19-13-7-3-8-14-19)30-32-25(22)24(20-15-9-4-10-16-20)31-33(28(32)35)27-29-21(17-37-27)18-11-5-2-6-12-18/h2-9,11-15,21H,10,16-17H2,1H3. The quantitative estimate of drug-likeness (QED) is 0.368. The second kappa shape index (κ2) is 9.67. The number of allylic oxidation sites excluding steroid dienone is 4. The molecule has 1 aliphatic carbocycles. The maximum absolute atomic E-state index is 13.8. The largest absolute Gasteiger partial charge is 0.465 e. The molecule has 0 radical (unpaired) electrons. The van der Waals surface area contributed by atoms with Crippen molar-refractivity contribution in [1.29, 1.82) is 0 Å². The van der Waals surface area contributed by atoms with Crippen LogP contribution in [0.1, 0.15) is 40.5 Å². The lowest BCUT2D eigenvalue weighted by molar-refractivity contribution is 0.0603. The maximum atomic E-state index is 13.8. The van der Waals surface area contributed by atoms with E-state index in [1.165, 1.54) is 28.1 Å². The summed E-state index contributed by atoms with van der Waals surface area (Å²) in [6, 6.07) is 19.2. The van der Waals surface area contributed by atoms with Gasteiger partial charge in [0.25, 0.3) is 0 Å². The van der Waals surface area contributed by atoms with Gasteiger partial charge >= 0.3 is 11.7 Å². The van der Waals surface area contributed by atoms with Gasteiger partial charge in [-0.15, -0.1) is 0 Å². The number of ether oxygens (including phenoxy) is 1. The van der Waals surface area contributed by atoms with Gasteiger partial charge in [-0.05, 0) is 24.0 Å². The van der Waals surface area contributed by atoms with Crippen molar-refractivity contribution in [2.24, 2.45) is 4.99 Å². The fourth-order valence-corrected chi connectivity index (χ4v) is 5.63. The highest BCUT2D eigenvalue weighted by Gasteiger charge is 2.30. The Morgan fingerprint density at radius 2 is 1.78 bits per heavy atom. The number of carbonyl (C=O) groups is 1. The lowest BCUT2D eigenvalue weighted by Gasteiger charge is -2.13. The third kappa shape index (κ3) is 4.11. The molecule has 2 aromatic carbocycles. The molecule has 37 heavy (non-hydrogen) atoms. The van der Waals surface area contributed by atoms with Gasteiger partial charge in [-0.25, -0.2) is 9.59 Å². The SMILES string of the molecule is COC(=O)c1c(-c2ccccc2)nn2c(=O)n(C3=NC(c4ccccc4)CS3)nc(C3=CC=CCC3)c12. The van der Waals surface area contributed by atoms with E-state index < -0.39 is 11.7 Å². The zero-order chi connectivity index (χ0) is 25.4. The monoisotopic (exact) mass is 509 g/mol. The van der Waals surface area contributed by atoms with E-state index in [4.69, 9.17) is 14.8 Å². The van der Waals surface area contributed by atoms with E-state index in [-0.39, 0.29) is 11.6 Å². The third-order valence-electron chi connectivity index (χ3n) is 6.43. The normalized spacial score (nSPS) is 17.1. The minimum absolute atomic E-state index is 0.0750. The van der Waals surface area contributed by atoms with Crippen molar-refractivity contribution < 1.29 is 9.53 Å². The number of nitrogens with zero attached hydrogens (tertiary/aromatic N) is 5. The molecule has 0 amide bonds. The lowest BCUT2D eigenvalue weighted by Crippen LogP contribution is -2.34. The molecule has 9 heteroatoms. The van der Waals surface area contributed by atoms with Crippen molar-refractivity contribution >= 4 is 34.0 Å². The molecule has 6 rings (SSSR count). The molecular weight excluding hydrogens is 486 g/mol. The van der Waals surface area contributed by atoms with E-state index in [0.717, 1.165) is 24.0 Å². The van der Waals surface area contributed by atoms with E-state index in [1.54, 1.807) is 0 Å². The number of fused-ring (bicyclic) bond motifs is 1. The Kier molecular flexibility index (Phi) is 6.05. The molecule has 0 saturated carbocycles. The molecule has 0 bridgehead atoms. The Hall–Kier alpha value is -4.24. The second-order valence-electron chi connectivity index (χ2n) is 8.69. The van der Waals surface area contributed by atoms with Gasteiger partial charge in [0.2, 0.25) is 0 Å². The number of esters is 1. The molecular formula is C28H23N5O3S. The Balaban J connectivity index is 1.62. The summed E-state index contributed by atoms with van der Waals surface area (Å²) in [5.41, 5.74) is 3.67. The average Bonchev–Trinajstić information content (AvgIpc) is 3.61. The van der Waals surface area contributed by atoms with Gasteiger partial charge in [-0.2, -0.15) is 19.4 Å². The van der Waals surface area contributed by atoms with E-state index in [1.807, 2.05) is 72.8 Å². The van der Waals surface area contributed by atoms with Crippen LogP contribution in [0, 0.1) is 0 Å². The number of aromatic nitrogens is 4. The molecule has 0 fully saturated rings. The maximum Gasteiger partial charge on any atom is 0.372 e. The van der Waals surface area contributed by atoms with Crippen LogP contribution in [-0.2, 0) is 4.74 Å². The van der Waals surface area contributed by atoms with E-state index in [2.05, 4.69) is 11.2 Å². The van der Waals surface area contributed by atoms with Gasteiger partial charge in [0.05, 0.1) is 13.2 Å². The fraction of sp³-hybridized carbons (Fsp3) is 0.179. The Morgan fingerprint density at radius 3 is 2.49 bits per heavy atom. The summed E-state index contributed by atoms with van der Waals surface area (Å²) in [5.74, 6) is 0.131. The predicted molar refractivity (Wildman–Crippen MR) is 145 cm³/mol. The highest BCUT2D eigenvalue weighted by Crippen LogP contribution is 2.34. The Labute approximate surface area is 217 Å². The molecule has 2 aromatic heterocycles. The summed E-state index contributed by atoms with van der Waals surface area (Å²) >= 11 is 1.48. The highest BCUT2D eigenvalue weighted by molar-refractivity contribution is 8.14. The zero-order valence-electron chi connectivity index (χ0n) is 20.1. The topological polar surface area (TPSA) is 90.8 Å². The van der Waals surface area contributed by atoms with Gasteiger partial charge in [0.1, 0.15) is 22.5 Å². The molecule has 1 unspecified atom stereocenters. The number of rotatable bonds is 4. The van der Waals surface area contributed by atoms with Gasteiger partial charge < -0.3 is 4.74 Å². The molecule has 8 nitrogen and oxygen atoms in total. The van der Waals surface area contributed by atoms with Crippen molar-refractivity contribution in [2.45, 2.75) is 18.9 Å². The van der Waals surface area contributed by atoms with E-state index >= 15 is 0 Å². The second-order valence-corrected chi connectivity index (χ2v) is 9.68. The number of methoxy groups -OCH3 is 1. The van der Waals surface area contributed by atoms with Crippen molar-refractivity contribution in [3.63, 3.8) is 0 Å². The van der Waals surface area contributed by atoms with Crippen molar-refractivity contribution in [3.05, 3.63) is 106 Å². The van der Waals surface area contributed by atoms with Crippen molar-refractivity contribution in [3.8, 4) is 11.3 Å². The summed E-state index contributed by atoms with van der Waals surface area (Å²) in [5, 5.41) is 9.95. The smallest absolute Gasteiger partial charge is 0.372 e. The van der Waals surface area contributed by atoms with Crippen molar-refractivity contribution in [2.75, 3.05) is 12.9 Å². The molecule has 1 aliphatic heterocycles. The Morgan fingerprint density at radius 1 is 1.03 bits per heavy atom. The molecule has 1 atom stereocenters. The lowest BCUT2D eigenvalue weighted by atomic mass is 9.99. The average molecular weight is 510 g/mol. The van der Waals surface area contributed by atoms with Crippen LogP contribution in [0.15, 0.2) is 88.7 Å². The summed E-state index contributed by atoms with van der Waals surface area (Å²) in [4.78, 5) is 31.8. The zero-order valence-corrected chi connectivity index (χ0v) is 20.9. The van der Waals surface area contributed by atoms with Crippen LogP contribution in [-0.4, -0.2) is 43.4 Å². The summed E-state index contributed by atoms with van der Waals surface area (Å²) in [6.07, 6.45) is 7.55. The van der Waals surface area contributed by atoms with Crippen LogP contribution in [0.4, 0.5) is 0 Å². The first kappa shape index (κ1) is 23.2. The summed E-state index contributed by atoms with van der Waals surface area (Å²) in [6.45, 7) is 0. The fourth-order valence-electron chi connectivity index (χ4n) is 4.61. The molecule has 0 N–H and O–H groups in total. The van der Waals surface area contributed by atoms with Crippen LogP contribution in [0.3, 0.4) is 0 Å². The number of benzene rings is 2. The number of aliphatic imine (C=N–C) groups is 1. The molecule has 0 spiro atoms. The van der Waals surface area contributed by atoms with Crippen LogP contribution in [0.2, 0.25) is 0 Å². The van der Waals surface area contributed by atoms with Crippen LogP contribution in [0.25, 0.3) is 22.3 Å². The first-order chi connectivity index (χ1) is 18.2. The number of carbonyl (C=O) groups excluding carboxylic acids is 1. The van der Waals surface area contributed by atoms with Gasteiger partial charge in [0.15, 0.2) is 5.17 Å². The number of hydrogen-bond acceptors (Lipinski definition) is 7. The molecule has 4 aromatic rings. The minimum atomic E-state index is -0.572. The van der Waals surface area contributed by atoms with E-state index in [0.29, 0.717) is 33.4 Å². The van der Waals surface area contributed by atoms with Crippen LogP contribution in [0.5, 0.6) is 0 Å². The number of thioether (sulfide) groups is 1. The van der Waals surface area contributed by atoms with Crippen molar-refractivity contribution in [1.82, 2.24) is 19.4 Å². The molecule has 2 aliphatic rings. The third-order valence-corrected chi connectivity index (χ3v) is 7.45. The molecule has 3 heterocycles. The highest BCUT2D eigenvalue weighted by atomic mass is 32.2. The first-order valence-corrected chi connectivity index (χ1v) is 13.0. The van der Waals surface area contributed by atoms with Gasteiger partial charge in [-0.3, -0.25) is 4.99 Å². The van der Waals surface area contributed by atoms with Gasteiger partial charge in [0, 0.05) is 11.3 Å². The summed E-state index contributed by atoms with van der Waals surface area (Å²) < 4.78 is 7.74. The van der Waals surface area contributed by atoms with E-state index in [9.17, 15) is 9.59 Å². The minimum Gasteiger partial charge on any atom is -0.465 e. The van der Waals surface area contributed by atoms with Crippen LogP contribution >= 0.6 is 11.8 Å². The first-order valence-electron chi connectivity index (χ1n) is 12.0. The summed E-state index contributed by atoms with van der Waals surface area (Å²) in [7, 11) is 1.32. The van der Waals surface area contributed by atoms with Gasteiger partial charge in [-0.1, -0.05) is 90.7 Å². The predicted octanol–water partition coefficient (Wildman–Crippen LogP) is 4.77.